The highest BCUT2D eigenvalue weighted by molar-refractivity contribution is 7.89. The smallest absolute Gasteiger partial charge is 0.305 e. The van der Waals surface area contributed by atoms with Crippen LogP contribution in [-0.4, -0.2) is 35.8 Å². The fraction of sp³-hybridized carbons (Fsp3) is 0.600. The molecule has 102 valence electrons. The summed E-state index contributed by atoms with van der Waals surface area (Å²) in [5.74, 6) is -0.741. The minimum Gasteiger partial charge on any atom is -0.481 e. The number of aliphatic carboxylic acids is 1. The van der Waals surface area contributed by atoms with Crippen molar-refractivity contribution in [3.63, 3.8) is 0 Å². The van der Waals surface area contributed by atoms with Crippen molar-refractivity contribution in [2.45, 2.75) is 31.7 Å². The molecule has 0 radical (unpaired) electrons. The van der Waals surface area contributed by atoms with Gasteiger partial charge in [0.05, 0.1) is 19.2 Å². The molecule has 0 atom stereocenters. The van der Waals surface area contributed by atoms with Gasteiger partial charge < -0.3 is 5.11 Å². The number of carbonyl (C=O) groups is 1. The van der Waals surface area contributed by atoms with Gasteiger partial charge in [-0.15, -0.1) is 0 Å². The van der Waals surface area contributed by atoms with Crippen LogP contribution in [0.4, 0.5) is 0 Å². The van der Waals surface area contributed by atoms with Gasteiger partial charge in [0.15, 0.2) is 0 Å². The minimum atomic E-state index is -3.55. The first-order chi connectivity index (χ1) is 8.31. The molecule has 1 heterocycles. The van der Waals surface area contributed by atoms with Gasteiger partial charge >= 0.3 is 5.97 Å². The maximum Gasteiger partial charge on any atom is 0.305 e. The second kappa shape index (κ2) is 5.96. The Labute approximate surface area is 106 Å². The molecule has 0 aliphatic heterocycles. The zero-order valence-electron chi connectivity index (χ0n) is 10.3. The number of rotatable bonds is 7. The lowest BCUT2D eigenvalue weighted by Gasteiger charge is -2.06. The molecular weight excluding hydrogens is 258 g/mol. The Bertz CT molecular complexity index is 507. The van der Waals surface area contributed by atoms with Gasteiger partial charge in [0.1, 0.15) is 4.90 Å². The molecule has 0 spiro atoms. The first-order valence-electron chi connectivity index (χ1n) is 5.55. The summed E-state index contributed by atoms with van der Waals surface area (Å²) in [7, 11) is -3.55. The van der Waals surface area contributed by atoms with E-state index in [0.717, 1.165) is 0 Å². The van der Waals surface area contributed by atoms with Gasteiger partial charge in [-0.05, 0) is 5.92 Å². The topological polar surface area (TPSA) is 101 Å². The van der Waals surface area contributed by atoms with Crippen molar-refractivity contribution in [2.24, 2.45) is 5.92 Å². The first-order valence-corrected chi connectivity index (χ1v) is 7.03. The summed E-state index contributed by atoms with van der Waals surface area (Å²) >= 11 is 0. The predicted octanol–water partition coefficient (Wildman–Crippen LogP) is 0.292. The average Bonchev–Trinajstić information content (AvgIpc) is 2.73. The van der Waals surface area contributed by atoms with Crippen molar-refractivity contribution >= 4 is 16.0 Å². The molecule has 0 fully saturated rings. The molecule has 0 amide bonds. The molecule has 0 aliphatic carbocycles. The Kier molecular flexibility index (Phi) is 4.85. The van der Waals surface area contributed by atoms with Gasteiger partial charge in [-0.1, -0.05) is 13.8 Å². The van der Waals surface area contributed by atoms with Crippen molar-refractivity contribution in [1.29, 1.82) is 0 Å². The highest BCUT2D eigenvalue weighted by Gasteiger charge is 2.16. The quantitative estimate of drug-likeness (QED) is 0.745. The van der Waals surface area contributed by atoms with Crippen molar-refractivity contribution in [3.05, 3.63) is 12.4 Å². The maximum atomic E-state index is 11.8. The summed E-state index contributed by atoms with van der Waals surface area (Å²) in [6.45, 7) is 4.30. The number of hydrogen-bond acceptors (Lipinski definition) is 4. The van der Waals surface area contributed by atoms with E-state index in [2.05, 4.69) is 9.82 Å². The summed E-state index contributed by atoms with van der Waals surface area (Å²) in [5, 5.41) is 12.3. The van der Waals surface area contributed by atoms with Crippen LogP contribution in [0.5, 0.6) is 0 Å². The van der Waals surface area contributed by atoms with Crippen LogP contribution in [0, 0.1) is 5.92 Å². The van der Waals surface area contributed by atoms with Crippen molar-refractivity contribution in [1.82, 2.24) is 14.5 Å². The molecular formula is C10H17N3O4S. The number of aryl methyl sites for hydroxylation is 1. The van der Waals surface area contributed by atoms with Crippen LogP contribution in [0.2, 0.25) is 0 Å². The van der Waals surface area contributed by atoms with E-state index < -0.39 is 16.0 Å². The van der Waals surface area contributed by atoms with Crippen LogP contribution in [0.3, 0.4) is 0 Å². The molecule has 1 aromatic heterocycles. The summed E-state index contributed by atoms with van der Waals surface area (Å²) in [6.07, 6.45) is 2.44. The van der Waals surface area contributed by atoms with Gasteiger partial charge in [0.2, 0.25) is 10.0 Å². The molecule has 0 aliphatic rings. The highest BCUT2D eigenvalue weighted by Crippen LogP contribution is 2.07. The summed E-state index contributed by atoms with van der Waals surface area (Å²) in [5.41, 5.74) is 0. The fourth-order valence-corrected chi connectivity index (χ4v) is 2.34. The van der Waals surface area contributed by atoms with E-state index in [1.54, 1.807) is 0 Å². The number of nitrogens with zero attached hydrogens (tertiary/aromatic N) is 2. The van der Waals surface area contributed by atoms with Crippen LogP contribution in [0.1, 0.15) is 20.3 Å². The SMILES string of the molecule is CC(C)CNS(=O)(=O)c1cnn(CCC(=O)O)c1. The second-order valence-corrected chi connectivity index (χ2v) is 6.10. The van der Waals surface area contributed by atoms with E-state index in [9.17, 15) is 13.2 Å². The van der Waals surface area contributed by atoms with Crippen LogP contribution >= 0.6 is 0 Å². The van der Waals surface area contributed by atoms with Gasteiger partial charge in [-0.3, -0.25) is 9.48 Å². The van der Waals surface area contributed by atoms with Crippen LogP contribution in [-0.2, 0) is 21.4 Å². The molecule has 0 unspecified atom stereocenters. The summed E-state index contributed by atoms with van der Waals surface area (Å²) in [6, 6.07) is 0. The van der Waals surface area contributed by atoms with Crippen molar-refractivity contribution < 1.29 is 18.3 Å². The Morgan fingerprint density at radius 2 is 2.22 bits per heavy atom. The number of sulfonamides is 1. The Balaban J connectivity index is 2.69. The third kappa shape index (κ3) is 4.46. The lowest BCUT2D eigenvalue weighted by Crippen LogP contribution is -2.27. The molecule has 0 bridgehead atoms. The van der Waals surface area contributed by atoms with E-state index in [-0.39, 0.29) is 23.8 Å². The second-order valence-electron chi connectivity index (χ2n) is 4.33. The molecule has 0 saturated heterocycles. The molecule has 2 N–H and O–H groups in total. The first kappa shape index (κ1) is 14.7. The number of aromatic nitrogens is 2. The average molecular weight is 275 g/mol. The van der Waals surface area contributed by atoms with Crippen molar-refractivity contribution in [2.75, 3.05) is 6.54 Å². The zero-order valence-corrected chi connectivity index (χ0v) is 11.1. The number of carboxylic acids is 1. The van der Waals surface area contributed by atoms with E-state index in [1.165, 1.54) is 17.1 Å². The molecule has 8 heteroatoms. The van der Waals surface area contributed by atoms with Crippen LogP contribution < -0.4 is 4.72 Å². The largest absolute Gasteiger partial charge is 0.481 e. The van der Waals surface area contributed by atoms with Crippen molar-refractivity contribution in [3.8, 4) is 0 Å². The fourth-order valence-electron chi connectivity index (χ4n) is 1.18. The lowest BCUT2D eigenvalue weighted by molar-refractivity contribution is -0.137. The number of carboxylic acid groups (broad SMARTS) is 1. The Hall–Kier alpha value is -1.41. The monoisotopic (exact) mass is 275 g/mol. The van der Waals surface area contributed by atoms with Gasteiger partial charge in [-0.2, -0.15) is 5.10 Å². The van der Waals surface area contributed by atoms with E-state index in [0.29, 0.717) is 6.54 Å². The lowest BCUT2D eigenvalue weighted by atomic mass is 10.2. The van der Waals surface area contributed by atoms with E-state index in [1.807, 2.05) is 13.8 Å². The highest BCUT2D eigenvalue weighted by atomic mass is 32.2. The third-order valence-corrected chi connectivity index (χ3v) is 3.53. The maximum absolute atomic E-state index is 11.8. The number of hydrogen-bond donors (Lipinski definition) is 2. The zero-order chi connectivity index (χ0) is 13.8. The standard InChI is InChI=1S/C10H17N3O4S/c1-8(2)5-12-18(16,17)9-6-11-13(7-9)4-3-10(14)15/h6-8,12H,3-5H2,1-2H3,(H,14,15). The molecule has 1 aromatic rings. The van der Waals surface area contributed by atoms with Gasteiger partial charge in [0.25, 0.3) is 0 Å². The molecule has 7 nitrogen and oxygen atoms in total. The predicted molar refractivity (Wildman–Crippen MR) is 64.5 cm³/mol. The summed E-state index contributed by atoms with van der Waals surface area (Å²) < 4.78 is 27.4. The van der Waals surface area contributed by atoms with E-state index in [4.69, 9.17) is 5.11 Å². The van der Waals surface area contributed by atoms with Gasteiger partial charge in [-0.25, -0.2) is 13.1 Å². The molecule has 0 saturated carbocycles. The molecule has 18 heavy (non-hydrogen) atoms. The molecule has 0 aromatic carbocycles. The van der Waals surface area contributed by atoms with Crippen LogP contribution in [0.25, 0.3) is 0 Å². The van der Waals surface area contributed by atoms with Crippen LogP contribution in [0.15, 0.2) is 17.3 Å². The molecule has 1 rings (SSSR count). The minimum absolute atomic E-state index is 0.0496. The number of nitrogens with one attached hydrogen (secondary N) is 1. The Morgan fingerprint density at radius 3 is 2.78 bits per heavy atom. The normalized spacial score (nSPS) is 11.9. The van der Waals surface area contributed by atoms with Gasteiger partial charge in [0, 0.05) is 12.7 Å². The third-order valence-electron chi connectivity index (χ3n) is 2.16. The van der Waals surface area contributed by atoms with E-state index >= 15 is 0 Å². The Morgan fingerprint density at radius 1 is 1.56 bits per heavy atom. The summed E-state index contributed by atoms with van der Waals surface area (Å²) in [4.78, 5) is 10.4.